The third-order valence-electron chi connectivity index (χ3n) is 5.07. The fourth-order valence-corrected chi connectivity index (χ4v) is 3.59. The van der Waals surface area contributed by atoms with Crippen LogP contribution in [0.5, 0.6) is 5.75 Å². The van der Waals surface area contributed by atoms with Crippen LogP contribution >= 0.6 is 0 Å². The van der Waals surface area contributed by atoms with E-state index in [4.69, 9.17) is 10.5 Å². The highest BCUT2D eigenvalue weighted by Gasteiger charge is 2.30. The average molecular weight is 449 g/mol. The number of carboxylic acid groups (broad SMARTS) is 1. The van der Waals surface area contributed by atoms with Crippen molar-refractivity contribution in [2.75, 3.05) is 36.1 Å². The van der Waals surface area contributed by atoms with Crippen molar-refractivity contribution in [3.63, 3.8) is 0 Å². The maximum Gasteiger partial charge on any atom is 0.341 e. The Kier molecular flexibility index (Phi) is 5.28. The quantitative estimate of drug-likeness (QED) is 0.257. The Balaban J connectivity index is 1.70. The number of nitrogens with two attached hydrogens (primary N) is 1. The number of anilines is 3. The number of ether oxygens (including phenoxy) is 1. The largest absolute Gasteiger partial charge is 0.487 e. The molecule has 0 fully saturated rings. The summed E-state index contributed by atoms with van der Waals surface area (Å²) < 4.78 is 48.7. The zero-order valence-corrected chi connectivity index (χ0v) is 16.7. The summed E-state index contributed by atoms with van der Waals surface area (Å²) in [5, 5.41) is 14.6. The molecular formula is C20H18F3N5O4. The minimum absolute atomic E-state index is 0.0220. The van der Waals surface area contributed by atoms with E-state index in [0.29, 0.717) is 6.07 Å². The number of aromatic carboxylic acids is 1. The van der Waals surface area contributed by atoms with Gasteiger partial charge in [-0.2, -0.15) is 4.39 Å². The Hall–Kier alpha value is -3.96. The number of hydrogen-bond donors (Lipinski definition) is 4. The van der Waals surface area contributed by atoms with E-state index in [1.54, 1.807) is 6.92 Å². The highest BCUT2D eigenvalue weighted by molar-refractivity contribution is 6.03. The first kappa shape index (κ1) is 21.3. The third-order valence-corrected chi connectivity index (χ3v) is 5.07. The zero-order valence-electron chi connectivity index (χ0n) is 16.7. The lowest BCUT2D eigenvalue weighted by molar-refractivity contribution is 0.0694. The number of pyridine rings is 2. The van der Waals surface area contributed by atoms with Crippen LogP contribution in [-0.2, 0) is 0 Å². The molecule has 3 aromatic rings. The summed E-state index contributed by atoms with van der Waals surface area (Å²) in [7, 11) is 0. The number of nitrogens with one attached hydrogen (secondary N) is 2. The molecule has 3 heterocycles. The highest BCUT2D eigenvalue weighted by Crippen LogP contribution is 2.43. The van der Waals surface area contributed by atoms with Gasteiger partial charge in [0.1, 0.15) is 29.5 Å². The lowest BCUT2D eigenvalue weighted by Crippen LogP contribution is -2.28. The molecule has 1 unspecified atom stereocenters. The monoisotopic (exact) mass is 449 g/mol. The molecular weight excluding hydrogens is 431 g/mol. The maximum atomic E-state index is 15.1. The van der Waals surface area contributed by atoms with Gasteiger partial charge in [-0.3, -0.25) is 4.79 Å². The molecule has 2 aromatic heterocycles. The van der Waals surface area contributed by atoms with E-state index in [2.05, 4.69) is 15.6 Å². The first-order valence-corrected chi connectivity index (χ1v) is 9.55. The molecule has 9 nitrogen and oxygen atoms in total. The molecule has 0 spiro atoms. The van der Waals surface area contributed by atoms with Gasteiger partial charge in [0.25, 0.3) is 0 Å². The number of nitrogen functional groups attached to an aromatic ring is 1. The Bertz CT molecular complexity index is 1290. The predicted octanol–water partition coefficient (Wildman–Crippen LogP) is 2.57. The van der Waals surface area contributed by atoms with E-state index in [1.165, 1.54) is 10.8 Å². The minimum atomic E-state index is -1.45. The van der Waals surface area contributed by atoms with Gasteiger partial charge in [-0.25, -0.2) is 18.6 Å². The van der Waals surface area contributed by atoms with E-state index in [1.807, 2.05) is 0 Å². The topological polar surface area (TPSA) is 132 Å². The van der Waals surface area contributed by atoms with Crippen LogP contribution in [0.1, 0.15) is 23.3 Å². The van der Waals surface area contributed by atoms with Crippen LogP contribution in [0.3, 0.4) is 0 Å². The predicted molar refractivity (Wildman–Crippen MR) is 111 cm³/mol. The number of hydrogen-bond acceptors (Lipinski definition) is 7. The van der Waals surface area contributed by atoms with Gasteiger partial charge >= 0.3 is 5.97 Å². The second-order valence-corrected chi connectivity index (χ2v) is 7.25. The van der Waals surface area contributed by atoms with Gasteiger partial charge in [0.05, 0.1) is 22.6 Å². The van der Waals surface area contributed by atoms with Crippen molar-refractivity contribution in [3.05, 3.63) is 51.7 Å². The smallest absolute Gasteiger partial charge is 0.341 e. The van der Waals surface area contributed by atoms with Gasteiger partial charge in [0.15, 0.2) is 11.6 Å². The molecule has 0 bridgehead atoms. The molecule has 1 aromatic carbocycles. The summed E-state index contributed by atoms with van der Waals surface area (Å²) in [4.78, 5) is 27.7. The van der Waals surface area contributed by atoms with Gasteiger partial charge in [0, 0.05) is 31.4 Å². The lowest BCUT2D eigenvalue weighted by Gasteiger charge is -2.29. The van der Waals surface area contributed by atoms with Crippen LogP contribution in [-0.4, -0.2) is 40.3 Å². The van der Waals surface area contributed by atoms with Crippen LogP contribution in [0.25, 0.3) is 10.9 Å². The summed E-state index contributed by atoms with van der Waals surface area (Å²) in [6.07, 6.45) is 1.19. The van der Waals surface area contributed by atoms with Crippen LogP contribution < -0.4 is 26.5 Å². The van der Waals surface area contributed by atoms with Crippen LogP contribution in [0, 0.1) is 17.6 Å². The molecule has 0 aliphatic carbocycles. The van der Waals surface area contributed by atoms with Crippen molar-refractivity contribution >= 4 is 34.1 Å². The molecule has 5 N–H and O–H groups in total. The fourth-order valence-electron chi connectivity index (χ4n) is 3.59. The number of rotatable bonds is 6. The summed E-state index contributed by atoms with van der Waals surface area (Å²) in [6, 6.07) is 1.30. The van der Waals surface area contributed by atoms with Crippen molar-refractivity contribution in [1.29, 1.82) is 0 Å². The molecule has 32 heavy (non-hydrogen) atoms. The number of aromatic nitrogens is 2. The Morgan fingerprint density at radius 1 is 1.31 bits per heavy atom. The number of halogens is 3. The van der Waals surface area contributed by atoms with Crippen LogP contribution in [0.4, 0.5) is 30.4 Å². The van der Waals surface area contributed by atoms with Crippen molar-refractivity contribution in [3.8, 4) is 5.75 Å². The lowest BCUT2D eigenvalue weighted by atomic mass is 10.0. The third kappa shape index (κ3) is 3.53. The van der Waals surface area contributed by atoms with E-state index in [9.17, 15) is 23.5 Å². The summed E-state index contributed by atoms with van der Waals surface area (Å²) >= 11 is 0. The second kappa shape index (κ2) is 7.94. The van der Waals surface area contributed by atoms with E-state index >= 15 is 4.39 Å². The molecule has 0 amide bonds. The normalized spacial score (nSPS) is 14.8. The Morgan fingerprint density at radius 2 is 2.03 bits per heavy atom. The molecule has 168 valence electrons. The standard InChI is InChI=1S/C20H18F3N5O4/c1-8-7-32-19-16(26-3-2-25-12-5-9(21)4-11(22)27-12)14(23)15(24)13-17(19)28(8)6-10(18(13)29)20(30)31/h4-6,8,26H,2-3,7,24H2,1H3,(H,25,27)(H,30,31). The molecule has 1 aliphatic rings. The number of benzene rings is 1. The Labute approximate surface area is 178 Å². The van der Waals surface area contributed by atoms with Crippen LogP contribution in [0.15, 0.2) is 23.1 Å². The van der Waals surface area contributed by atoms with Crippen LogP contribution in [0.2, 0.25) is 0 Å². The number of nitrogens with zero attached hydrogens (tertiary/aromatic N) is 2. The van der Waals surface area contributed by atoms with E-state index < -0.39 is 40.2 Å². The summed E-state index contributed by atoms with van der Waals surface area (Å²) in [6.45, 7) is 2.03. The molecule has 4 rings (SSSR count). The van der Waals surface area contributed by atoms with Crippen molar-refractivity contribution in [2.45, 2.75) is 13.0 Å². The van der Waals surface area contributed by atoms with Gasteiger partial charge in [-0.15, -0.1) is 0 Å². The number of carbonyl (C=O) groups is 1. The number of carboxylic acids is 1. The Morgan fingerprint density at radius 3 is 2.72 bits per heavy atom. The molecule has 0 radical (unpaired) electrons. The molecule has 0 saturated carbocycles. The first-order chi connectivity index (χ1) is 15.2. The zero-order chi connectivity index (χ0) is 23.2. The minimum Gasteiger partial charge on any atom is -0.487 e. The van der Waals surface area contributed by atoms with Crippen molar-refractivity contribution < 1.29 is 27.8 Å². The molecule has 1 aliphatic heterocycles. The summed E-state index contributed by atoms with van der Waals surface area (Å²) in [5.41, 5.74) is 4.02. The fraction of sp³-hybridized carbons (Fsp3) is 0.250. The van der Waals surface area contributed by atoms with Gasteiger partial charge in [0.2, 0.25) is 11.4 Å². The van der Waals surface area contributed by atoms with Gasteiger partial charge in [-0.05, 0) is 6.92 Å². The summed E-state index contributed by atoms with van der Waals surface area (Å²) in [5.74, 6) is -4.22. The first-order valence-electron chi connectivity index (χ1n) is 9.55. The maximum absolute atomic E-state index is 15.1. The second-order valence-electron chi connectivity index (χ2n) is 7.25. The SMILES string of the molecule is CC1COc2c(NCCNc3cc(F)cc(F)n3)c(F)c(N)c3c(=O)c(C(=O)O)cn1c23. The molecule has 12 heteroatoms. The van der Waals surface area contributed by atoms with Crippen molar-refractivity contribution in [1.82, 2.24) is 9.55 Å². The van der Waals surface area contributed by atoms with Gasteiger partial charge < -0.3 is 30.8 Å². The van der Waals surface area contributed by atoms with E-state index in [-0.39, 0.29) is 53.9 Å². The average Bonchev–Trinajstić information content (AvgIpc) is 2.72. The molecule has 1 atom stereocenters. The van der Waals surface area contributed by atoms with Gasteiger partial charge in [-0.1, -0.05) is 0 Å². The van der Waals surface area contributed by atoms with Crippen molar-refractivity contribution in [2.24, 2.45) is 0 Å². The highest BCUT2D eigenvalue weighted by atomic mass is 19.1. The molecule has 0 saturated heterocycles. The van der Waals surface area contributed by atoms with E-state index in [0.717, 1.165) is 6.07 Å².